The number of rotatable bonds is 14. The van der Waals surface area contributed by atoms with Gasteiger partial charge in [0.1, 0.15) is 19.3 Å². The molecule has 2 saturated heterocycles. The first-order valence-corrected chi connectivity index (χ1v) is 20.0. The van der Waals surface area contributed by atoms with Gasteiger partial charge in [-0.3, -0.25) is 9.59 Å². The Kier molecular flexibility index (Phi) is 17.9. The van der Waals surface area contributed by atoms with E-state index >= 15 is 0 Å². The fourth-order valence-electron chi connectivity index (χ4n) is 6.68. The molecule has 2 amide bonds. The van der Waals surface area contributed by atoms with E-state index in [1.54, 1.807) is 9.80 Å². The number of ether oxygens (including phenoxy) is 6. The minimum absolute atomic E-state index is 0.154. The van der Waals surface area contributed by atoms with Gasteiger partial charge in [-0.15, -0.1) is 0 Å². The summed E-state index contributed by atoms with van der Waals surface area (Å²) in [6.45, 7) is 4.13. The van der Waals surface area contributed by atoms with Gasteiger partial charge in [-0.2, -0.15) is 0 Å². The quantitative estimate of drug-likeness (QED) is 0.105. The SMILES string of the molecule is CC(=O)OC1CC[C@@H](CN(Cc2ccccc2)C(=O)OCc2ccccc2)OC1OC(C)=O.O=C(OCc1ccccc1)N(Cc1ccccc1)C[C@@H]1CCC(O)C(O)O1. The molecule has 6 atom stereocenters. The van der Waals surface area contributed by atoms with Crippen LogP contribution in [0.25, 0.3) is 0 Å². The highest BCUT2D eigenvalue weighted by atomic mass is 16.7. The second-order valence-corrected chi connectivity index (χ2v) is 14.6. The summed E-state index contributed by atoms with van der Waals surface area (Å²) in [6.07, 6.45) is -3.53. The molecule has 0 saturated carbocycles. The van der Waals surface area contributed by atoms with E-state index in [0.29, 0.717) is 38.8 Å². The van der Waals surface area contributed by atoms with Crippen molar-refractivity contribution in [2.24, 2.45) is 0 Å². The van der Waals surface area contributed by atoms with Crippen LogP contribution in [0.1, 0.15) is 61.8 Å². The maximum absolute atomic E-state index is 13.0. The number of aliphatic hydroxyl groups excluding tert-OH is 2. The van der Waals surface area contributed by atoms with E-state index in [1.165, 1.54) is 13.8 Å². The smallest absolute Gasteiger partial charge is 0.410 e. The van der Waals surface area contributed by atoms with Crippen molar-refractivity contribution < 1.29 is 57.8 Å². The molecule has 0 radical (unpaired) electrons. The van der Waals surface area contributed by atoms with Crippen LogP contribution < -0.4 is 0 Å². The largest absolute Gasteiger partial charge is 0.456 e. The second kappa shape index (κ2) is 23.7. The van der Waals surface area contributed by atoms with Crippen molar-refractivity contribution in [3.63, 3.8) is 0 Å². The Labute approximate surface area is 350 Å². The van der Waals surface area contributed by atoms with Crippen LogP contribution in [-0.4, -0.2) is 94.2 Å². The number of carbonyl (C=O) groups is 4. The van der Waals surface area contributed by atoms with Gasteiger partial charge in [-0.05, 0) is 47.9 Å². The zero-order valence-electron chi connectivity index (χ0n) is 34.0. The lowest BCUT2D eigenvalue weighted by molar-refractivity contribution is -0.242. The van der Waals surface area contributed by atoms with E-state index in [-0.39, 0.29) is 32.4 Å². The van der Waals surface area contributed by atoms with Crippen molar-refractivity contribution >= 4 is 24.1 Å². The van der Waals surface area contributed by atoms with Gasteiger partial charge >= 0.3 is 24.1 Å². The number of hydrogen-bond acceptors (Lipinski definition) is 12. The number of benzene rings is 4. The molecule has 0 aliphatic carbocycles. The second-order valence-electron chi connectivity index (χ2n) is 14.6. The monoisotopic (exact) mass is 826 g/mol. The molecular weight excluding hydrogens is 773 g/mol. The standard InChI is InChI=1S/C25H29NO7.C21H25NO5/c1-18(27)31-23-14-13-22(33-24(23)32-19(2)28)16-26(15-20-9-5-3-6-10-20)25(29)30-17-21-11-7-4-8-12-21;23-19-12-11-18(27-20(19)24)14-22(13-16-7-3-1-4-8-16)21(25)26-15-17-9-5-2-6-10-17/h3-12,22-24H,13-17H2,1-2H3;1-10,18-20,23-24H,11-15H2/t22-,23?,24?;18-,19?,20?/m00/s1. The van der Waals surface area contributed by atoms with Crippen molar-refractivity contribution in [2.75, 3.05) is 13.1 Å². The van der Waals surface area contributed by atoms with Crippen molar-refractivity contribution in [1.29, 1.82) is 0 Å². The molecule has 0 bridgehead atoms. The summed E-state index contributed by atoms with van der Waals surface area (Å²) in [5, 5.41) is 19.3. The van der Waals surface area contributed by atoms with Gasteiger partial charge in [0.2, 0.25) is 6.29 Å². The van der Waals surface area contributed by atoms with Crippen LogP contribution >= 0.6 is 0 Å². The summed E-state index contributed by atoms with van der Waals surface area (Å²) >= 11 is 0. The Bertz CT molecular complexity index is 1900. The highest BCUT2D eigenvalue weighted by molar-refractivity contribution is 5.68. The van der Waals surface area contributed by atoms with Crippen molar-refractivity contribution in [3.8, 4) is 0 Å². The van der Waals surface area contributed by atoms with Crippen LogP contribution in [0.2, 0.25) is 0 Å². The van der Waals surface area contributed by atoms with Crippen LogP contribution in [0, 0.1) is 0 Å². The van der Waals surface area contributed by atoms with Gasteiger partial charge in [0.15, 0.2) is 12.4 Å². The first-order chi connectivity index (χ1) is 29.0. The van der Waals surface area contributed by atoms with Gasteiger partial charge in [0.05, 0.1) is 25.3 Å². The topological polar surface area (TPSA) is 171 Å². The molecule has 2 N–H and O–H groups in total. The fraction of sp³-hybridized carbons (Fsp3) is 0.391. The third kappa shape index (κ3) is 15.4. The molecule has 0 aromatic heterocycles. The number of nitrogens with zero attached hydrogens (tertiary/aromatic N) is 2. The molecule has 4 unspecified atom stereocenters. The lowest BCUT2D eigenvalue weighted by Gasteiger charge is -2.36. The molecule has 4 aromatic carbocycles. The summed E-state index contributed by atoms with van der Waals surface area (Å²) in [5.74, 6) is -1.02. The zero-order valence-corrected chi connectivity index (χ0v) is 34.0. The maximum atomic E-state index is 13.0. The Morgan fingerprint density at radius 2 is 0.950 bits per heavy atom. The molecule has 0 spiro atoms. The van der Waals surface area contributed by atoms with Crippen LogP contribution in [0.5, 0.6) is 0 Å². The first kappa shape index (κ1) is 45.3. The first-order valence-electron chi connectivity index (χ1n) is 20.0. The third-order valence-corrected chi connectivity index (χ3v) is 9.66. The van der Waals surface area contributed by atoms with E-state index in [0.717, 1.165) is 22.3 Å². The van der Waals surface area contributed by atoms with Gasteiger partial charge in [0.25, 0.3) is 0 Å². The van der Waals surface area contributed by atoms with Crippen LogP contribution in [0.3, 0.4) is 0 Å². The molecule has 2 fully saturated rings. The van der Waals surface area contributed by atoms with Gasteiger partial charge in [0, 0.05) is 26.9 Å². The molecule has 2 aliphatic heterocycles. The van der Waals surface area contributed by atoms with Gasteiger partial charge in [-0.1, -0.05) is 121 Å². The molecule has 2 aliphatic rings. The minimum Gasteiger partial charge on any atom is -0.456 e. The summed E-state index contributed by atoms with van der Waals surface area (Å²) in [6, 6.07) is 38.2. The predicted molar refractivity (Wildman–Crippen MR) is 218 cm³/mol. The number of amides is 2. The Morgan fingerprint density at radius 3 is 1.37 bits per heavy atom. The molecule has 4 aromatic rings. The van der Waals surface area contributed by atoms with Crippen LogP contribution in [0.15, 0.2) is 121 Å². The summed E-state index contributed by atoms with van der Waals surface area (Å²) in [5.41, 5.74) is 3.72. The minimum atomic E-state index is -1.22. The van der Waals surface area contributed by atoms with Crippen LogP contribution in [0.4, 0.5) is 9.59 Å². The lowest BCUT2D eigenvalue weighted by atomic mass is 10.0. The predicted octanol–water partition coefficient (Wildman–Crippen LogP) is 6.51. The summed E-state index contributed by atoms with van der Waals surface area (Å²) in [4.78, 5) is 51.7. The highest BCUT2D eigenvalue weighted by Crippen LogP contribution is 2.26. The van der Waals surface area contributed by atoms with E-state index in [2.05, 4.69) is 0 Å². The average molecular weight is 827 g/mol. The normalized spacial score (nSPS) is 20.9. The van der Waals surface area contributed by atoms with Gasteiger partial charge < -0.3 is 48.4 Å². The van der Waals surface area contributed by atoms with Crippen molar-refractivity contribution in [2.45, 2.75) is 103 Å². The Morgan fingerprint density at radius 1 is 0.550 bits per heavy atom. The van der Waals surface area contributed by atoms with Gasteiger partial charge in [-0.25, -0.2) is 9.59 Å². The summed E-state index contributed by atoms with van der Waals surface area (Å²) < 4.78 is 32.8. The lowest BCUT2D eigenvalue weighted by Crippen LogP contribution is -2.48. The third-order valence-electron chi connectivity index (χ3n) is 9.66. The van der Waals surface area contributed by atoms with E-state index in [4.69, 9.17) is 28.4 Å². The number of hydrogen-bond donors (Lipinski definition) is 2. The Hall–Kier alpha value is -5.80. The summed E-state index contributed by atoms with van der Waals surface area (Å²) in [7, 11) is 0. The van der Waals surface area contributed by atoms with Crippen molar-refractivity contribution in [3.05, 3.63) is 144 Å². The fourth-order valence-corrected chi connectivity index (χ4v) is 6.68. The molecule has 6 rings (SSSR count). The number of aliphatic hydroxyl groups is 2. The molecular formula is C46H54N2O12. The molecule has 14 nitrogen and oxygen atoms in total. The molecule has 2 heterocycles. The van der Waals surface area contributed by atoms with Crippen LogP contribution in [-0.2, 0) is 64.3 Å². The average Bonchev–Trinajstić information content (AvgIpc) is 3.25. The Balaban J connectivity index is 0.000000232. The number of esters is 2. The molecule has 14 heteroatoms. The molecule has 320 valence electrons. The maximum Gasteiger partial charge on any atom is 0.410 e. The molecule has 60 heavy (non-hydrogen) atoms. The van der Waals surface area contributed by atoms with E-state index < -0.39 is 55.0 Å². The van der Waals surface area contributed by atoms with E-state index in [1.807, 2.05) is 121 Å². The number of carbonyl (C=O) groups excluding carboxylic acids is 4. The highest BCUT2D eigenvalue weighted by Gasteiger charge is 2.37. The van der Waals surface area contributed by atoms with E-state index in [9.17, 15) is 29.4 Å². The zero-order chi connectivity index (χ0) is 42.7. The van der Waals surface area contributed by atoms with Crippen molar-refractivity contribution in [1.82, 2.24) is 9.80 Å².